The van der Waals surface area contributed by atoms with Gasteiger partial charge in [0.05, 0.1) is 0 Å². The van der Waals surface area contributed by atoms with E-state index in [1.807, 2.05) is 17.4 Å². The molecule has 0 radical (unpaired) electrons. The fraction of sp³-hybridized carbons (Fsp3) is 0. The highest BCUT2D eigenvalue weighted by Crippen LogP contribution is 2.42. The normalized spacial score (nSPS) is 11.6. The fourth-order valence-corrected chi connectivity index (χ4v) is 9.25. The number of aromatic nitrogens is 3. The Hall–Kier alpha value is -7.01. The molecule has 0 amide bonds. The lowest BCUT2D eigenvalue weighted by Gasteiger charge is -2.16. The van der Waals surface area contributed by atoms with E-state index in [0.717, 1.165) is 55.1 Å². The van der Waals surface area contributed by atoms with Crippen molar-refractivity contribution >= 4 is 63.8 Å². The quantitative estimate of drug-likeness (QED) is 0.131. The Morgan fingerprint density at radius 3 is 1.62 bits per heavy atom. The predicted octanol–water partition coefficient (Wildman–Crippen LogP) is 14.0. The second-order valence-corrected chi connectivity index (χ2v) is 15.0. The maximum atomic E-state index is 5.45. The van der Waals surface area contributed by atoms with Crippen LogP contribution in [0.2, 0.25) is 0 Å². The molecule has 3 nitrogen and oxygen atoms in total. The van der Waals surface area contributed by atoms with Crippen molar-refractivity contribution in [2.45, 2.75) is 0 Å². The summed E-state index contributed by atoms with van der Waals surface area (Å²) in [4.78, 5) is 16.2. The zero-order chi connectivity index (χ0) is 36.3. The summed E-state index contributed by atoms with van der Waals surface area (Å²) in [5.41, 5.74) is 7.30. The molecule has 11 rings (SSSR count). The van der Waals surface area contributed by atoms with E-state index < -0.39 is 0 Å². The Morgan fingerprint density at radius 1 is 0.291 bits per heavy atom. The Bertz CT molecular complexity index is 3270. The third-order valence-electron chi connectivity index (χ3n) is 10.7. The fourth-order valence-electron chi connectivity index (χ4n) is 8.16. The molecule has 2 aromatic heterocycles. The van der Waals surface area contributed by atoms with Crippen molar-refractivity contribution in [2.75, 3.05) is 0 Å². The van der Waals surface area contributed by atoms with Gasteiger partial charge in [-0.25, -0.2) is 15.0 Å². The van der Waals surface area contributed by atoms with Crippen molar-refractivity contribution in [3.05, 3.63) is 188 Å². The van der Waals surface area contributed by atoms with Gasteiger partial charge in [-0.2, -0.15) is 0 Å². The van der Waals surface area contributed by atoms with Crippen LogP contribution in [0.3, 0.4) is 0 Å². The maximum Gasteiger partial charge on any atom is 0.165 e. The van der Waals surface area contributed by atoms with E-state index in [9.17, 15) is 0 Å². The molecule has 9 aromatic carbocycles. The molecule has 0 aliphatic carbocycles. The molecule has 0 aliphatic rings. The molecule has 0 saturated heterocycles. The molecular formula is C51H31N3S. The summed E-state index contributed by atoms with van der Waals surface area (Å²) in [6.07, 6.45) is 0. The van der Waals surface area contributed by atoms with E-state index in [1.165, 1.54) is 36.3 Å². The molecule has 2 heterocycles. The largest absolute Gasteiger partial charge is 0.208 e. The van der Waals surface area contributed by atoms with Gasteiger partial charge in [-0.3, -0.25) is 0 Å². The molecule has 0 unspecified atom stereocenters. The summed E-state index contributed by atoms with van der Waals surface area (Å²) in [6, 6.07) is 66.8. The summed E-state index contributed by atoms with van der Waals surface area (Å²) in [7, 11) is 0. The Balaban J connectivity index is 1.21. The minimum Gasteiger partial charge on any atom is -0.208 e. The molecule has 0 saturated carbocycles. The van der Waals surface area contributed by atoms with Crippen molar-refractivity contribution in [1.82, 2.24) is 15.0 Å². The van der Waals surface area contributed by atoms with Gasteiger partial charge >= 0.3 is 0 Å². The number of hydrogen-bond acceptors (Lipinski definition) is 4. The zero-order valence-electron chi connectivity index (χ0n) is 29.6. The van der Waals surface area contributed by atoms with E-state index in [0.29, 0.717) is 17.5 Å². The summed E-state index contributed by atoms with van der Waals surface area (Å²) >= 11 is 1.83. The zero-order valence-corrected chi connectivity index (χ0v) is 30.5. The van der Waals surface area contributed by atoms with Gasteiger partial charge in [0.1, 0.15) is 0 Å². The van der Waals surface area contributed by atoms with Crippen LogP contribution in [0.1, 0.15) is 0 Å². The van der Waals surface area contributed by atoms with Gasteiger partial charge in [0.15, 0.2) is 17.5 Å². The van der Waals surface area contributed by atoms with Gasteiger partial charge in [0.2, 0.25) is 0 Å². The van der Waals surface area contributed by atoms with Gasteiger partial charge < -0.3 is 0 Å². The molecule has 11 aromatic rings. The number of nitrogens with zero attached hydrogens (tertiary/aromatic N) is 3. The molecule has 0 fully saturated rings. The van der Waals surface area contributed by atoms with Gasteiger partial charge in [0, 0.05) is 36.9 Å². The van der Waals surface area contributed by atoms with Crippen LogP contribution in [-0.4, -0.2) is 15.0 Å². The summed E-state index contributed by atoms with van der Waals surface area (Å²) < 4.78 is 2.57. The van der Waals surface area contributed by atoms with Crippen molar-refractivity contribution < 1.29 is 0 Å². The lowest BCUT2D eigenvalue weighted by Crippen LogP contribution is -2.03. The molecule has 0 N–H and O–H groups in total. The van der Waals surface area contributed by atoms with E-state index in [4.69, 9.17) is 15.0 Å². The van der Waals surface area contributed by atoms with Crippen molar-refractivity contribution in [3.63, 3.8) is 0 Å². The Morgan fingerprint density at radius 2 is 0.855 bits per heavy atom. The van der Waals surface area contributed by atoms with Crippen molar-refractivity contribution in [3.8, 4) is 56.4 Å². The lowest BCUT2D eigenvalue weighted by atomic mass is 9.92. The molecule has 0 aliphatic heterocycles. The number of rotatable bonds is 5. The number of fused-ring (bicyclic) bond motifs is 7. The Kier molecular flexibility index (Phi) is 7.35. The molecule has 4 heteroatoms. The van der Waals surface area contributed by atoms with Crippen LogP contribution >= 0.6 is 11.3 Å². The summed E-state index contributed by atoms with van der Waals surface area (Å²) in [5.74, 6) is 1.92. The molecule has 0 atom stereocenters. The average Bonchev–Trinajstić information content (AvgIpc) is 3.64. The predicted molar refractivity (Wildman–Crippen MR) is 232 cm³/mol. The van der Waals surface area contributed by atoms with Crippen LogP contribution in [0, 0.1) is 0 Å². The monoisotopic (exact) mass is 717 g/mol. The Labute approximate surface area is 321 Å². The minimum absolute atomic E-state index is 0.635. The van der Waals surface area contributed by atoms with Gasteiger partial charge in [0.25, 0.3) is 0 Å². The van der Waals surface area contributed by atoms with Crippen LogP contribution < -0.4 is 0 Å². The van der Waals surface area contributed by atoms with Gasteiger partial charge in [-0.1, -0.05) is 164 Å². The number of thiophene rings is 1. The first-order valence-electron chi connectivity index (χ1n) is 18.5. The van der Waals surface area contributed by atoms with Crippen LogP contribution in [0.5, 0.6) is 0 Å². The molecule has 0 spiro atoms. The van der Waals surface area contributed by atoms with Crippen LogP contribution in [0.15, 0.2) is 188 Å². The highest BCUT2D eigenvalue weighted by molar-refractivity contribution is 7.25. The van der Waals surface area contributed by atoms with Crippen molar-refractivity contribution in [2.24, 2.45) is 0 Å². The smallest absolute Gasteiger partial charge is 0.165 e. The van der Waals surface area contributed by atoms with E-state index in [1.54, 1.807) is 0 Å². The van der Waals surface area contributed by atoms with Crippen LogP contribution in [-0.2, 0) is 0 Å². The molecule has 256 valence electrons. The minimum atomic E-state index is 0.635. The number of hydrogen-bond donors (Lipinski definition) is 0. The number of benzene rings is 9. The van der Waals surface area contributed by atoms with Gasteiger partial charge in [-0.05, 0) is 78.8 Å². The highest BCUT2D eigenvalue weighted by Gasteiger charge is 2.21. The molecular weight excluding hydrogens is 687 g/mol. The first-order valence-corrected chi connectivity index (χ1v) is 19.3. The van der Waals surface area contributed by atoms with Gasteiger partial charge in [-0.15, -0.1) is 11.3 Å². The summed E-state index contributed by atoms with van der Waals surface area (Å²) in [6.45, 7) is 0. The van der Waals surface area contributed by atoms with Crippen LogP contribution in [0.25, 0.3) is 109 Å². The van der Waals surface area contributed by atoms with E-state index in [2.05, 4.69) is 182 Å². The molecule has 55 heavy (non-hydrogen) atoms. The van der Waals surface area contributed by atoms with E-state index >= 15 is 0 Å². The lowest BCUT2D eigenvalue weighted by molar-refractivity contribution is 1.08. The van der Waals surface area contributed by atoms with Crippen molar-refractivity contribution in [1.29, 1.82) is 0 Å². The standard InChI is InChI=1S/C51H31N3S/c1-2-14-32(15-3-1)36-18-8-10-23-42(36)49-52-50(43-24-11-9-20-38(43)35-27-29-47-45(31-35)40-22-12-13-25-46(40)55-47)54-51(53-49)48-39-21-7-5-17-34(39)30-44-37-19-6-4-16-33(37)26-28-41(44)48/h1-31H. The third kappa shape index (κ3) is 5.30. The second-order valence-electron chi connectivity index (χ2n) is 13.9. The second kappa shape index (κ2) is 12.8. The third-order valence-corrected chi connectivity index (χ3v) is 11.9. The SMILES string of the molecule is c1ccc(-c2ccccc2-c2nc(-c3ccccc3-c3ccc4sc5ccccc5c4c3)nc(-c3c4ccccc4cc4c3ccc3ccccc34)n2)cc1. The molecule has 0 bridgehead atoms. The topological polar surface area (TPSA) is 38.7 Å². The highest BCUT2D eigenvalue weighted by atomic mass is 32.1. The maximum absolute atomic E-state index is 5.45. The summed E-state index contributed by atoms with van der Waals surface area (Å²) in [5, 5.41) is 9.48. The first-order chi connectivity index (χ1) is 27.3. The van der Waals surface area contributed by atoms with Crippen LogP contribution in [0.4, 0.5) is 0 Å². The first kappa shape index (κ1) is 31.5. The van der Waals surface area contributed by atoms with E-state index in [-0.39, 0.29) is 0 Å². The average molecular weight is 718 g/mol.